The van der Waals surface area contributed by atoms with Gasteiger partial charge in [-0.05, 0) is 18.2 Å². The molecule has 1 saturated heterocycles. The molecule has 26 heavy (non-hydrogen) atoms. The lowest BCUT2D eigenvalue weighted by Crippen LogP contribution is -2.58. The first-order valence-corrected chi connectivity index (χ1v) is 9.99. The van der Waals surface area contributed by atoms with E-state index < -0.39 is 27.2 Å². The highest BCUT2D eigenvalue weighted by molar-refractivity contribution is 7.91. The summed E-state index contributed by atoms with van der Waals surface area (Å²) in [7, 11) is -1.18. The van der Waals surface area contributed by atoms with Crippen LogP contribution in [0.15, 0.2) is 24.3 Å². The van der Waals surface area contributed by atoms with E-state index in [1.54, 1.807) is 6.07 Å². The standard InChI is InChI=1S/C16H20ClN4O4S/c1-18-11-14(15(22)19(2)16(18)23)26(24,25)21-8-6-20(7-9-21)13-5-3-4-12(17)10-13/h3-5,10-11,14H,6-9H2,1-2H3/q+1. The van der Waals surface area contributed by atoms with Gasteiger partial charge in [0.25, 0.3) is 0 Å². The molecular formula is C16H20ClN4O4S+. The highest BCUT2D eigenvalue weighted by atomic mass is 35.5. The van der Waals surface area contributed by atoms with Crippen LogP contribution in [0, 0.1) is 0 Å². The molecule has 3 amide bonds. The zero-order chi connectivity index (χ0) is 19.1. The number of sulfonamides is 1. The number of nitrogens with zero attached hydrogens (tertiary/aromatic N) is 4. The van der Waals surface area contributed by atoms with Gasteiger partial charge in [0.05, 0.1) is 14.1 Å². The maximum Gasteiger partial charge on any atom is 0.500 e. The molecule has 0 saturated carbocycles. The van der Waals surface area contributed by atoms with E-state index in [-0.39, 0.29) is 13.1 Å². The van der Waals surface area contributed by atoms with Gasteiger partial charge in [-0.3, -0.25) is 0 Å². The van der Waals surface area contributed by atoms with E-state index in [9.17, 15) is 18.0 Å². The molecule has 1 aromatic rings. The van der Waals surface area contributed by atoms with Crippen LogP contribution in [0.5, 0.6) is 0 Å². The first-order chi connectivity index (χ1) is 12.2. The lowest BCUT2D eigenvalue weighted by molar-refractivity contribution is -0.399. The number of carbonyl (C=O) groups excluding carboxylic acids is 2. The number of rotatable bonds is 3. The molecule has 3 rings (SSSR count). The van der Waals surface area contributed by atoms with E-state index in [4.69, 9.17) is 11.6 Å². The maximum absolute atomic E-state index is 12.9. The SMILES string of the molecule is CN1C(=O)C(S(=O)(=O)N2CCN(c3cccc(Cl)c3)CC2)C=[N+](C)C1=O. The highest BCUT2D eigenvalue weighted by Gasteiger charge is 2.48. The fourth-order valence-corrected chi connectivity index (χ4v) is 5.02. The van der Waals surface area contributed by atoms with Gasteiger partial charge in [-0.25, -0.2) is 17.8 Å². The smallest absolute Gasteiger partial charge is 0.369 e. The molecule has 0 N–H and O–H groups in total. The van der Waals surface area contributed by atoms with E-state index in [1.807, 2.05) is 23.1 Å². The van der Waals surface area contributed by atoms with Gasteiger partial charge in [-0.1, -0.05) is 17.7 Å². The van der Waals surface area contributed by atoms with Crippen LogP contribution < -0.4 is 4.90 Å². The third-order valence-corrected chi connectivity index (χ3v) is 6.90. The number of amides is 3. The Kier molecular flexibility index (Phi) is 5.05. The molecule has 2 aliphatic heterocycles. The molecule has 8 nitrogen and oxygen atoms in total. The van der Waals surface area contributed by atoms with Gasteiger partial charge in [-0.2, -0.15) is 14.0 Å². The predicted octanol–water partition coefficient (Wildman–Crippen LogP) is 0.466. The molecule has 0 radical (unpaired) electrons. The second kappa shape index (κ2) is 6.98. The largest absolute Gasteiger partial charge is 0.500 e. The van der Waals surface area contributed by atoms with Gasteiger partial charge in [0.15, 0.2) is 0 Å². The Bertz CT molecular complexity index is 878. The molecule has 1 fully saturated rings. The average Bonchev–Trinajstić information content (AvgIpc) is 2.63. The summed E-state index contributed by atoms with van der Waals surface area (Å²) in [6.45, 7) is 1.50. The Morgan fingerprint density at radius 2 is 1.81 bits per heavy atom. The van der Waals surface area contributed by atoms with Crippen molar-refractivity contribution >= 4 is 45.5 Å². The summed E-state index contributed by atoms with van der Waals surface area (Å²) in [5.74, 6) is -0.731. The minimum atomic E-state index is -3.90. The Labute approximate surface area is 157 Å². The van der Waals surface area contributed by atoms with Crippen LogP contribution in [0.3, 0.4) is 0 Å². The zero-order valence-corrected chi connectivity index (χ0v) is 16.1. The van der Waals surface area contributed by atoms with Crippen molar-refractivity contribution in [3.05, 3.63) is 29.3 Å². The normalized spacial score (nSPS) is 22.6. The number of piperazine rings is 1. The number of hydrogen-bond acceptors (Lipinski definition) is 5. The van der Waals surface area contributed by atoms with Crippen molar-refractivity contribution in [3.63, 3.8) is 0 Å². The molecular weight excluding hydrogens is 380 g/mol. The van der Waals surface area contributed by atoms with Crippen molar-refractivity contribution in [3.8, 4) is 0 Å². The van der Waals surface area contributed by atoms with Crippen LogP contribution in [0.4, 0.5) is 10.5 Å². The van der Waals surface area contributed by atoms with Crippen molar-refractivity contribution < 1.29 is 22.6 Å². The second-order valence-corrected chi connectivity index (χ2v) is 8.76. The molecule has 0 aromatic heterocycles. The van der Waals surface area contributed by atoms with Crippen molar-refractivity contribution in [2.24, 2.45) is 0 Å². The molecule has 2 heterocycles. The summed E-state index contributed by atoms with van der Waals surface area (Å²) in [6, 6.07) is 6.83. The molecule has 1 atom stereocenters. The van der Waals surface area contributed by atoms with Crippen LogP contribution >= 0.6 is 11.6 Å². The highest BCUT2D eigenvalue weighted by Crippen LogP contribution is 2.22. The van der Waals surface area contributed by atoms with Crippen LogP contribution in [0.25, 0.3) is 0 Å². The minimum Gasteiger partial charge on any atom is -0.369 e. The van der Waals surface area contributed by atoms with Gasteiger partial charge in [0, 0.05) is 36.9 Å². The van der Waals surface area contributed by atoms with E-state index in [0.717, 1.165) is 15.2 Å². The molecule has 0 bridgehead atoms. The van der Waals surface area contributed by atoms with Crippen molar-refractivity contribution in [1.29, 1.82) is 0 Å². The third kappa shape index (κ3) is 3.34. The summed E-state index contributed by atoms with van der Waals surface area (Å²) in [4.78, 5) is 27.0. The summed E-state index contributed by atoms with van der Waals surface area (Å²) in [5.41, 5.74) is 0.930. The predicted molar refractivity (Wildman–Crippen MR) is 98.4 cm³/mol. The molecule has 1 unspecified atom stereocenters. The molecule has 140 valence electrons. The van der Waals surface area contributed by atoms with Crippen LogP contribution in [-0.2, 0) is 14.8 Å². The van der Waals surface area contributed by atoms with Gasteiger partial charge >= 0.3 is 11.9 Å². The zero-order valence-electron chi connectivity index (χ0n) is 14.5. The fraction of sp³-hybridized carbons (Fsp3) is 0.438. The first kappa shape index (κ1) is 18.8. The molecule has 10 heteroatoms. The van der Waals surface area contributed by atoms with Gasteiger partial charge in [0.1, 0.15) is 6.21 Å². The number of halogens is 1. The summed E-state index contributed by atoms with van der Waals surface area (Å²) in [6.07, 6.45) is 1.17. The van der Waals surface area contributed by atoms with E-state index >= 15 is 0 Å². The number of urea groups is 1. The first-order valence-electron chi connectivity index (χ1n) is 8.10. The maximum atomic E-state index is 12.9. The number of hydrogen-bond donors (Lipinski definition) is 0. The second-order valence-electron chi connectivity index (χ2n) is 6.27. The van der Waals surface area contributed by atoms with Crippen LogP contribution in [0.1, 0.15) is 0 Å². The number of anilines is 1. The third-order valence-electron chi connectivity index (χ3n) is 4.61. The van der Waals surface area contributed by atoms with Crippen LogP contribution in [0.2, 0.25) is 5.02 Å². The molecule has 1 aromatic carbocycles. The van der Waals surface area contributed by atoms with Gasteiger partial charge < -0.3 is 4.90 Å². The average molecular weight is 400 g/mol. The monoisotopic (exact) mass is 399 g/mol. The van der Waals surface area contributed by atoms with Crippen LogP contribution in [-0.4, -0.2) is 85.9 Å². The Morgan fingerprint density at radius 3 is 2.42 bits per heavy atom. The summed E-state index contributed by atoms with van der Waals surface area (Å²) in [5, 5.41) is -0.761. The Hall–Kier alpha value is -1.97. The van der Waals surface area contributed by atoms with Gasteiger partial charge in [-0.15, -0.1) is 0 Å². The van der Waals surface area contributed by atoms with E-state index in [0.29, 0.717) is 18.1 Å². The quantitative estimate of drug-likeness (QED) is 0.690. The van der Waals surface area contributed by atoms with Crippen molar-refractivity contribution in [1.82, 2.24) is 9.21 Å². The van der Waals surface area contributed by atoms with Crippen molar-refractivity contribution in [2.45, 2.75) is 5.25 Å². The Morgan fingerprint density at radius 1 is 1.15 bits per heavy atom. The summed E-state index contributed by atoms with van der Waals surface area (Å²) >= 11 is 6.01. The lowest BCUT2D eigenvalue weighted by atomic mass is 10.2. The number of benzene rings is 1. The topological polar surface area (TPSA) is 81.0 Å². The molecule has 2 aliphatic rings. The molecule has 0 spiro atoms. The molecule has 0 aliphatic carbocycles. The number of carbonyl (C=O) groups is 2. The fourth-order valence-electron chi connectivity index (χ4n) is 3.09. The summed E-state index contributed by atoms with van der Waals surface area (Å²) < 4.78 is 28.3. The van der Waals surface area contributed by atoms with Gasteiger partial charge in [0.2, 0.25) is 15.3 Å². The van der Waals surface area contributed by atoms with E-state index in [1.165, 1.54) is 24.6 Å². The minimum absolute atomic E-state index is 0.258. The Balaban J connectivity index is 1.76. The lowest BCUT2D eigenvalue weighted by Gasteiger charge is -2.36. The van der Waals surface area contributed by atoms with Crippen molar-refractivity contribution in [2.75, 3.05) is 45.2 Å². The van der Waals surface area contributed by atoms with E-state index in [2.05, 4.69) is 0 Å². The number of imide groups is 1.